The quantitative estimate of drug-likeness (QED) is 0.696. The molecule has 1 saturated heterocycles. The molecule has 0 radical (unpaired) electrons. The van der Waals surface area contributed by atoms with E-state index in [0.29, 0.717) is 18.2 Å². The van der Waals surface area contributed by atoms with Crippen LogP contribution in [0.1, 0.15) is 29.6 Å². The minimum Gasteiger partial charge on any atom is -0.496 e. The highest BCUT2D eigenvalue weighted by Crippen LogP contribution is 2.22. The Hall–Kier alpha value is -1.64. The van der Waals surface area contributed by atoms with E-state index in [-0.39, 0.29) is 16.4 Å². The summed E-state index contributed by atoms with van der Waals surface area (Å²) in [5, 5.41) is 11.3. The van der Waals surface area contributed by atoms with E-state index in [9.17, 15) is 13.2 Å². The van der Waals surface area contributed by atoms with Gasteiger partial charge in [0.1, 0.15) is 5.75 Å². The molecule has 1 fully saturated rings. The number of hydrogen-bond donors (Lipinski definition) is 3. The summed E-state index contributed by atoms with van der Waals surface area (Å²) in [5.41, 5.74) is 0.167. The summed E-state index contributed by atoms with van der Waals surface area (Å²) in [6, 6.07) is 3.99. The second-order valence-electron chi connectivity index (χ2n) is 5.66. The number of methoxy groups -OCH3 is 1. The molecule has 0 aliphatic carbocycles. The molecule has 0 saturated carbocycles. The second-order valence-corrected chi connectivity index (χ2v) is 7.23. The standard InChI is InChI=1S/C15H23N3O4S/c1-22-14-5-4-12(23(16,20)21)9-13(14)15(19)18-8-6-11-3-2-7-17-10-11/h4-5,9,11,17H,2-3,6-8,10H2,1H3,(H,18,19)(H2,16,20,21). The number of rotatable bonds is 6. The van der Waals surface area contributed by atoms with Gasteiger partial charge in [0.2, 0.25) is 10.0 Å². The van der Waals surface area contributed by atoms with Crippen LogP contribution in [0.2, 0.25) is 0 Å². The second kappa shape index (κ2) is 7.76. The Labute approximate surface area is 136 Å². The van der Waals surface area contributed by atoms with E-state index in [1.165, 1.54) is 25.3 Å². The molecule has 4 N–H and O–H groups in total. The van der Waals surface area contributed by atoms with E-state index in [4.69, 9.17) is 9.88 Å². The van der Waals surface area contributed by atoms with Crippen LogP contribution in [0, 0.1) is 5.92 Å². The number of hydrogen-bond acceptors (Lipinski definition) is 5. The number of primary sulfonamides is 1. The lowest BCUT2D eigenvalue weighted by molar-refractivity contribution is 0.0947. The number of ether oxygens (including phenoxy) is 1. The summed E-state index contributed by atoms with van der Waals surface area (Å²) < 4.78 is 28.0. The van der Waals surface area contributed by atoms with Gasteiger partial charge < -0.3 is 15.4 Å². The Bertz CT molecular complexity index is 655. The van der Waals surface area contributed by atoms with E-state index >= 15 is 0 Å². The molecule has 1 atom stereocenters. The zero-order valence-electron chi connectivity index (χ0n) is 13.2. The maximum atomic E-state index is 12.3. The molecule has 0 bridgehead atoms. The van der Waals surface area contributed by atoms with Crippen LogP contribution in [0.5, 0.6) is 5.75 Å². The zero-order valence-corrected chi connectivity index (χ0v) is 14.0. The number of sulfonamides is 1. The summed E-state index contributed by atoms with van der Waals surface area (Å²) >= 11 is 0. The highest BCUT2D eigenvalue weighted by atomic mass is 32.2. The van der Waals surface area contributed by atoms with E-state index in [1.807, 2.05) is 0 Å². The van der Waals surface area contributed by atoms with Crippen molar-refractivity contribution in [1.82, 2.24) is 10.6 Å². The average molecular weight is 341 g/mol. The van der Waals surface area contributed by atoms with Crippen LogP contribution in [0.3, 0.4) is 0 Å². The highest BCUT2D eigenvalue weighted by Gasteiger charge is 2.18. The van der Waals surface area contributed by atoms with Crippen molar-refractivity contribution in [3.05, 3.63) is 23.8 Å². The fourth-order valence-corrected chi connectivity index (χ4v) is 3.24. The molecular formula is C15H23N3O4S. The van der Waals surface area contributed by atoms with Crippen molar-refractivity contribution in [1.29, 1.82) is 0 Å². The van der Waals surface area contributed by atoms with Crippen LogP contribution < -0.4 is 20.5 Å². The Morgan fingerprint density at radius 1 is 1.48 bits per heavy atom. The molecule has 1 amide bonds. The van der Waals surface area contributed by atoms with Gasteiger partial charge in [-0.15, -0.1) is 0 Å². The molecule has 0 spiro atoms. The molecule has 128 valence electrons. The van der Waals surface area contributed by atoms with E-state index in [2.05, 4.69) is 10.6 Å². The summed E-state index contributed by atoms with van der Waals surface area (Å²) in [4.78, 5) is 12.2. The molecule has 1 aliphatic rings. The Morgan fingerprint density at radius 2 is 2.26 bits per heavy atom. The lowest BCUT2D eigenvalue weighted by Crippen LogP contribution is -2.33. The molecular weight excluding hydrogens is 318 g/mol. The number of nitrogens with one attached hydrogen (secondary N) is 2. The van der Waals surface area contributed by atoms with E-state index < -0.39 is 10.0 Å². The maximum Gasteiger partial charge on any atom is 0.255 e. The average Bonchev–Trinajstić information content (AvgIpc) is 2.54. The highest BCUT2D eigenvalue weighted by molar-refractivity contribution is 7.89. The lowest BCUT2D eigenvalue weighted by atomic mass is 9.96. The van der Waals surface area contributed by atoms with Gasteiger partial charge in [0.15, 0.2) is 0 Å². The Morgan fingerprint density at radius 3 is 2.87 bits per heavy atom. The number of carbonyl (C=O) groups excluding carboxylic acids is 1. The summed E-state index contributed by atoms with van der Waals surface area (Å²) in [6.07, 6.45) is 3.20. The predicted octanol–water partition coefficient (Wildman–Crippen LogP) is 0.462. The van der Waals surface area contributed by atoms with Gasteiger partial charge in [-0.1, -0.05) is 0 Å². The topological polar surface area (TPSA) is 111 Å². The van der Waals surface area contributed by atoms with Crippen molar-refractivity contribution >= 4 is 15.9 Å². The molecule has 23 heavy (non-hydrogen) atoms. The van der Waals surface area contributed by atoms with Gasteiger partial charge in [0, 0.05) is 6.54 Å². The summed E-state index contributed by atoms with van der Waals surface area (Å²) in [6.45, 7) is 2.56. The molecule has 1 heterocycles. The van der Waals surface area contributed by atoms with Crippen LogP contribution >= 0.6 is 0 Å². The number of benzene rings is 1. The van der Waals surface area contributed by atoms with Gasteiger partial charge in [0.25, 0.3) is 5.91 Å². The van der Waals surface area contributed by atoms with Crippen molar-refractivity contribution in [3.63, 3.8) is 0 Å². The third kappa shape index (κ3) is 4.92. The number of carbonyl (C=O) groups is 1. The molecule has 8 heteroatoms. The first kappa shape index (κ1) is 17.7. The zero-order chi connectivity index (χ0) is 16.9. The minimum absolute atomic E-state index is 0.111. The Balaban J connectivity index is 2.02. The van der Waals surface area contributed by atoms with E-state index in [0.717, 1.165) is 32.4 Å². The first-order valence-electron chi connectivity index (χ1n) is 7.61. The van der Waals surface area contributed by atoms with Gasteiger partial charge in [0.05, 0.1) is 17.6 Å². The number of amides is 1. The molecule has 1 aromatic carbocycles. The molecule has 7 nitrogen and oxygen atoms in total. The van der Waals surface area contributed by atoms with Gasteiger partial charge in [-0.3, -0.25) is 4.79 Å². The van der Waals surface area contributed by atoms with Crippen LogP contribution in [-0.2, 0) is 10.0 Å². The van der Waals surface area contributed by atoms with Gasteiger partial charge >= 0.3 is 0 Å². The predicted molar refractivity (Wildman–Crippen MR) is 86.9 cm³/mol. The molecule has 1 aromatic rings. The van der Waals surface area contributed by atoms with Crippen LogP contribution in [-0.4, -0.2) is 41.1 Å². The van der Waals surface area contributed by atoms with Crippen LogP contribution in [0.25, 0.3) is 0 Å². The van der Waals surface area contributed by atoms with Crippen LogP contribution in [0.15, 0.2) is 23.1 Å². The van der Waals surface area contributed by atoms with Crippen molar-refractivity contribution in [2.45, 2.75) is 24.2 Å². The minimum atomic E-state index is -3.87. The molecule has 2 rings (SSSR count). The number of nitrogens with two attached hydrogens (primary N) is 1. The maximum absolute atomic E-state index is 12.3. The smallest absolute Gasteiger partial charge is 0.255 e. The molecule has 1 unspecified atom stereocenters. The summed E-state index contributed by atoms with van der Waals surface area (Å²) in [7, 11) is -2.44. The molecule has 0 aromatic heterocycles. The fraction of sp³-hybridized carbons (Fsp3) is 0.533. The van der Waals surface area contributed by atoms with Gasteiger partial charge in [-0.2, -0.15) is 0 Å². The van der Waals surface area contributed by atoms with Crippen molar-refractivity contribution < 1.29 is 17.9 Å². The lowest BCUT2D eigenvalue weighted by Gasteiger charge is -2.22. The van der Waals surface area contributed by atoms with E-state index in [1.54, 1.807) is 0 Å². The fourth-order valence-electron chi connectivity index (χ4n) is 2.70. The SMILES string of the molecule is COc1ccc(S(N)(=O)=O)cc1C(=O)NCCC1CCCNC1. The van der Waals surface area contributed by atoms with Gasteiger partial charge in [-0.05, 0) is 56.5 Å². The third-order valence-electron chi connectivity index (χ3n) is 3.98. The first-order valence-corrected chi connectivity index (χ1v) is 9.16. The number of piperidine rings is 1. The first-order chi connectivity index (χ1) is 10.9. The molecule has 1 aliphatic heterocycles. The third-order valence-corrected chi connectivity index (χ3v) is 4.89. The monoisotopic (exact) mass is 341 g/mol. The largest absolute Gasteiger partial charge is 0.496 e. The van der Waals surface area contributed by atoms with Crippen molar-refractivity contribution in [2.75, 3.05) is 26.7 Å². The van der Waals surface area contributed by atoms with Crippen LogP contribution in [0.4, 0.5) is 0 Å². The summed E-state index contributed by atoms with van der Waals surface area (Å²) in [5.74, 6) is 0.507. The Kier molecular flexibility index (Phi) is 5.97. The van der Waals surface area contributed by atoms with Gasteiger partial charge in [-0.25, -0.2) is 13.6 Å². The van der Waals surface area contributed by atoms with Crippen molar-refractivity contribution in [2.24, 2.45) is 11.1 Å². The normalized spacial score (nSPS) is 18.4. The van der Waals surface area contributed by atoms with Crippen molar-refractivity contribution in [3.8, 4) is 5.75 Å².